The molecular weight excluding hydrogens is 162 g/mol. The monoisotopic (exact) mass is 169 g/mol. The Hall–Kier alpha value is -1.77. The van der Waals surface area contributed by atoms with Crippen molar-refractivity contribution in [2.24, 2.45) is 15.2 Å². The first-order chi connectivity index (χ1) is 6.42. The maximum atomic E-state index is 4.29. The standard InChI is InChI=1S/C10H7N3/c1-3-8-7-12-13-10(8)5-2-6-11-9(10)4-1/h1-7H. The normalized spacial score (nSPS) is 32.6. The van der Waals surface area contributed by atoms with Crippen molar-refractivity contribution >= 4 is 6.21 Å². The van der Waals surface area contributed by atoms with Crippen LogP contribution in [0.2, 0.25) is 0 Å². The van der Waals surface area contributed by atoms with Crippen molar-refractivity contribution in [3.8, 4) is 0 Å². The Morgan fingerprint density at radius 3 is 3.23 bits per heavy atom. The van der Waals surface area contributed by atoms with Crippen LogP contribution in [0.1, 0.15) is 0 Å². The number of dihydropyridines is 1. The fourth-order valence-corrected chi connectivity index (χ4v) is 1.74. The van der Waals surface area contributed by atoms with Gasteiger partial charge in [0.05, 0.1) is 11.9 Å². The minimum absolute atomic E-state index is 0.399. The molecule has 3 rings (SSSR count). The molecule has 0 N–H and O–H groups in total. The lowest BCUT2D eigenvalue weighted by Crippen LogP contribution is -2.28. The number of allylic oxidation sites excluding steroid dienone is 3. The average Bonchev–Trinajstić information content (AvgIpc) is 2.58. The van der Waals surface area contributed by atoms with E-state index in [1.807, 2.05) is 30.4 Å². The third-order valence-corrected chi connectivity index (χ3v) is 2.41. The zero-order valence-electron chi connectivity index (χ0n) is 6.88. The van der Waals surface area contributed by atoms with E-state index in [9.17, 15) is 0 Å². The smallest absolute Gasteiger partial charge is 0.169 e. The Morgan fingerprint density at radius 1 is 1.23 bits per heavy atom. The molecule has 0 amide bonds. The van der Waals surface area contributed by atoms with E-state index in [4.69, 9.17) is 0 Å². The molecule has 13 heavy (non-hydrogen) atoms. The predicted octanol–water partition coefficient (Wildman–Crippen LogP) is 2.17. The molecular formula is C10H7N3. The van der Waals surface area contributed by atoms with Crippen molar-refractivity contribution in [3.05, 3.63) is 47.9 Å². The van der Waals surface area contributed by atoms with Crippen LogP contribution in [0.15, 0.2) is 63.1 Å². The van der Waals surface area contributed by atoms with Gasteiger partial charge in [-0.1, -0.05) is 12.2 Å². The third kappa shape index (κ3) is 0.710. The second-order valence-corrected chi connectivity index (χ2v) is 3.11. The van der Waals surface area contributed by atoms with Crippen LogP contribution >= 0.6 is 0 Å². The first-order valence-electron chi connectivity index (χ1n) is 4.15. The van der Waals surface area contributed by atoms with E-state index in [-0.39, 0.29) is 0 Å². The SMILES string of the molecule is C1=CC2=CN=NC23C=CC=NC3=C1. The first-order valence-corrected chi connectivity index (χ1v) is 4.15. The van der Waals surface area contributed by atoms with Gasteiger partial charge in [0.1, 0.15) is 0 Å². The van der Waals surface area contributed by atoms with Gasteiger partial charge >= 0.3 is 0 Å². The molecule has 0 saturated heterocycles. The lowest BCUT2D eigenvalue weighted by Gasteiger charge is -2.27. The summed E-state index contributed by atoms with van der Waals surface area (Å²) in [5.41, 5.74) is 1.65. The van der Waals surface area contributed by atoms with E-state index < -0.39 is 5.54 Å². The van der Waals surface area contributed by atoms with Gasteiger partial charge in [-0.05, 0) is 18.2 Å². The van der Waals surface area contributed by atoms with Gasteiger partial charge in [0.15, 0.2) is 5.54 Å². The van der Waals surface area contributed by atoms with Crippen LogP contribution in [0.5, 0.6) is 0 Å². The largest absolute Gasteiger partial charge is 0.258 e. The molecule has 0 aromatic heterocycles. The number of hydrogen-bond donors (Lipinski definition) is 0. The lowest BCUT2D eigenvalue weighted by atomic mass is 9.83. The fraction of sp³-hybridized carbons (Fsp3) is 0.100. The van der Waals surface area contributed by atoms with E-state index in [0.29, 0.717) is 0 Å². The molecule has 1 aliphatic carbocycles. The summed E-state index contributed by atoms with van der Waals surface area (Å²) >= 11 is 0. The van der Waals surface area contributed by atoms with Crippen molar-refractivity contribution in [2.75, 3.05) is 0 Å². The highest BCUT2D eigenvalue weighted by Gasteiger charge is 2.39. The zero-order chi connectivity index (χ0) is 8.73. The second kappa shape index (κ2) is 2.13. The maximum Gasteiger partial charge on any atom is 0.169 e. The van der Waals surface area contributed by atoms with Gasteiger partial charge in [0, 0.05) is 11.8 Å². The average molecular weight is 169 g/mol. The molecule has 62 valence electrons. The van der Waals surface area contributed by atoms with Gasteiger partial charge in [-0.25, -0.2) is 0 Å². The Morgan fingerprint density at radius 2 is 2.23 bits per heavy atom. The molecule has 2 aliphatic heterocycles. The molecule has 0 fully saturated rings. The molecule has 0 aromatic rings. The number of hydrogen-bond acceptors (Lipinski definition) is 3. The third-order valence-electron chi connectivity index (χ3n) is 2.41. The highest BCUT2D eigenvalue weighted by Crippen LogP contribution is 2.40. The van der Waals surface area contributed by atoms with E-state index in [1.54, 1.807) is 12.4 Å². The quantitative estimate of drug-likeness (QED) is 0.533. The second-order valence-electron chi connectivity index (χ2n) is 3.11. The Balaban J connectivity index is 2.28. The lowest BCUT2D eigenvalue weighted by molar-refractivity contribution is 0.708. The molecule has 2 heterocycles. The van der Waals surface area contributed by atoms with Crippen LogP contribution in [0.3, 0.4) is 0 Å². The van der Waals surface area contributed by atoms with E-state index >= 15 is 0 Å². The Labute approximate surface area is 75.6 Å². The molecule has 3 aliphatic rings. The summed E-state index contributed by atoms with van der Waals surface area (Å²) in [6.45, 7) is 0. The summed E-state index contributed by atoms with van der Waals surface area (Å²) in [6.07, 6.45) is 13.5. The van der Waals surface area contributed by atoms with E-state index in [0.717, 1.165) is 11.3 Å². The molecule has 0 saturated carbocycles. The summed E-state index contributed by atoms with van der Waals surface area (Å²) in [7, 11) is 0. The van der Waals surface area contributed by atoms with Crippen LogP contribution in [0, 0.1) is 0 Å². The molecule has 3 heteroatoms. The summed E-state index contributed by atoms with van der Waals surface area (Å²) in [6, 6.07) is 0. The van der Waals surface area contributed by atoms with Gasteiger partial charge < -0.3 is 0 Å². The molecule has 3 nitrogen and oxygen atoms in total. The molecule has 0 aromatic carbocycles. The van der Waals surface area contributed by atoms with Gasteiger partial charge in [0.2, 0.25) is 0 Å². The Kier molecular flexibility index (Phi) is 1.10. The summed E-state index contributed by atoms with van der Waals surface area (Å²) in [5.74, 6) is 0. The summed E-state index contributed by atoms with van der Waals surface area (Å²) in [5, 5.41) is 8.17. The molecule has 1 spiro atoms. The number of rotatable bonds is 0. The van der Waals surface area contributed by atoms with Gasteiger partial charge in [-0.2, -0.15) is 10.2 Å². The van der Waals surface area contributed by atoms with Crippen LogP contribution in [0.25, 0.3) is 0 Å². The molecule has 1 unspecified atom stereocenters. The van der Waals surface area contributed by atoms with Crippen molar-refractivity contribution in [1.82, 2.24) is 0 Å². The number of aliphatic imine (C=N–C) groups is 1. The van der Waals surface area contributed by atoms with Crippen LogP contribution in [-0.4, -0.2) is 11.8 Å². The van der Waals surface area contributed by atoms with Crippen molar-refractivity contribution in [1.29, 1.82) is 0 Å². The fourth-order valence-electron chi connectivity index (χ4n) is 1.74. The highest BCUT2D eigenvalue weighted by atomic mass is 15.2. The molecule has 0 radical (unpaired) electrons. The minimum atomic E-state index is -0.399. The van der Waals surface area contributed by atoms with Crippen LogP contribution < -0.4 is 0 Å². The van der Waals surface area contributed by atoms with E-state index in [1.165, 1.54) is 0 Å². The van der Waals surface area contributed by atoms with Crippen molar-refractivity contribution in [3.63, 3.8) is 0 Å². The van der Waals surface area contributed by atoms with Gasteiger partial charge in [-0.3, -0.25) is 4.99 Å². The summed E-state index contributed by atoms with van der Waals surface area (Å²) in [4.78, 5) is 4.29. The topological polar surface area (TPSA) is 37.1 Å². The Bertz CT molecular complexity index is 435. The van der Waals surface area contributed by atoms with E-state index in [2.05, 4.69) is 15.2 Å². The van der Waals surface area contributed by atoms with Crippen molar-refractivity contribution in [2.45, 2.75) is 5.54 Å². The zero-order valence-corrected chi connectivity index (χ0v) is 6.88. The number of nitrogens with zero attached hydrogens (tertiary/aromatic N) is 3. The molecule has 1 atom stereocenters. The number of azo groups is 1. The maximum absolute atomic E-state index is 4.29. The van der Waals surface area contributed by atoms with Gasteiger partial charge in [0.25, 0.3) is 0 Å². The predicted molar refractivity (Wildman–Crippen MR) is 50.5 cm³/mol. The van der Waals surface area contributed by atoms with Crippen molar-refractivity contribution < 1.29 is 0 Å². The van der Waals surface area contributed by atoms with Crippen LogP contribution in [-0.2, 0) is 0 Å². The molecule has 0 bridgehead atoms. The summed E-state index contributed by atoms with van der Waals surface area (Å²) < 4.78 is 0. The van der Waals surface area contributed by atoms with Gasteiger partial charge in [-0.15, -0.1) is 0 Å². The van der Waals surface area contributed by atoms with Crippen LogP contribution in [0.4, 0.5) is 0 Å². The highest BCUT2D eigenvalue weighted by molar-refractivity contribution is 5.77. The minimum Gasteiger partial charge on any atom is -0.258 e. The first kappa shape index (κ1) is 6.71.